The largest absolute Gasteiger partial charge is 0.493 e. The van der Waals surface area contributed by atoms with Crippen LogP contribution in [0.5, 0.6) is 11.5 Å². The highest BCUT2D eigenvalue weighted by Crippen LogP contribution is 2.38. The maximum atomic E-state index is 13.9. The van der Waals surface area contributed by atoms with Gasteiger partial charge in [-0.1, -0.05) is 28.0 Å². The Morgan fingerprint density at radius 3 is 2.63 bits per heavy atom. The molecule has 38 heavy (non-hydrogen) atoms. The van der Waals surface area contributed by atoms with E-state index in [1.54, 1.807) is 18.2 Å². The summed E-state index contributed by atoms with van der Waals surface area (Å²) in [5, 5.41) is 5.13. The van der Waals surface area contributed by atoms with Crippen molar-refractivity contribution in [3.63, 3.8) is 0 Å². The summed E-state index contributed by atoms with van der Waals surface area (Å²) in [6.07, 6.45) is 5.60. The van der Waals surface area contributed by atoms with E-state index in [1.807, 2.05) is 31.2 Å². The second-order valence-electron chi connectivity index (χ2n) is 9.07. The van der Waals surface area contributed by atoms with E-state index in [4.69, 9.17) is 11.2 Å². The molecule has 10 heteroatoms. The Morgan fingerprint density at radius 1 is 1.13 bits per heavy atom. The zero-order chi connectivity index (χ0) is 26.6. The molecular weight excluding hydrogens is 509 g/mol. The van der Waals surface area contributed by atoms with Crippen LogP contribution < -0.4 is 19.7 Å². The minimum atomic E-state index is -5.19. The smallest absolute Gasteiger partial charge is 0.488 e. The van der Waals surface area contributed by atoms with Crippen LogP contribution in [-0.4, -0.2) is 37.7 Å². The monoisotopic (exact) mass is 531 g/mol. The molecule has 3 aromatic carbocycles. The van der Waals surface area contributed by atoms with Gasteiger partial charge in [-0.15, -0.1) is 6.42 Å². The van der Waals surface area contributed by atoms with Crippen LogP contribution in [0.2, 0.25) is 0 Å². The number of nitrogens with zero attached hydrogens (tertiary/aromatic N) is 1. The van der Waals surface area contributed by atoms with Gasteiger partial charge in [-0.2, -0.15) is 8.42 Å². The van der Waals surface area contributed by atoms with Crippen LogP contribution in [0, 0.1) is 12.3 Å². The Balaban J connectivity index is 1.69. The third kappa shape index (κ3) is 3.97. The summed E-state index contributed by atoms with van der Waals surface area (Å²) < 4.78 is 47.8. The summed E-state index contributed by atoms with van der Waals surface area (Å²) >= 11 is 0. The van der Waals surface area contributed by atoms with E-state index in [9.17, 15) is 17.1 Å². The summed E-state index contributed by atoms with van der Waals surface area (Å²) in [5.41, 5.74) is 3.84. The molecule has 3 heterocycles. The normalized spacial score (nSPS) is 14.0. The lowest BCUT2D eigenvalue weighted by molar-refractivity contribution is 0.341. The van der Waals surface area contributed by atoms with Crippen molar-refractivity contribution in [2.45, 2.75) is 13.0 Å². The molecule has 0 aliphatic carbocycles. The first-order valence-corrected chi connectivity index (χ1v) is 13.3. The van der Waals surface area contributed by atoms with Crippen molar-refractivity contribution in [3.8, 4) is 35.0 Å². The Hall–Kier alpha value is -4.33. The average molecular weight is 532 g/mol. The van der Waals surface area contributed by atoms with Crippen LogP contribution in [0.3, 0.4) is 0 Å². The van der Waals surface area contributed by atoms with E-state index >= 15 is 0 Å². The molecule has 8 nitrogen and oxygen atoms in total. The lowest BCUT2D eigenvalue weighted by Crippen LogP contribution is -2.44. The van der Waals surface area contributed by atoms with Crippen LogP contribution in [0.25, 0.3) is 44.0 Å². The Labute approximate surface area is 217 Å². The van der Waals surface area contributed by atoms with Gasteiger partial charge in [0.1, 0.15) is 17.1 Å². The van der Waals surface area contributed by atoms with E-state index in [2.05, 4.69) is 25.0 Å². The van der Waals surface area contributed by atoms with E-state index in [1.165, 1.54) is 12.1 Å². The van der Waals surface area contributed by atoms with Crippen molar-refractivity contribution in [2.24, 2.45) is 0 Å². The van der Waals surface area contributed by atoms with Crippen LogP contribution >= 0.6 is 0 Å². The Kier molecular flexibility index (Phi) is 5.63. The molecule has 0 unspecified atom stereocenters. The van der Waals surface area contributed by atoms with Crippen LogP contribution in [0.4, 0.5) is 3.89 Å². The molecule has 1 fully saturated rings. The molecule has 2 N–H and O–H groups in total. The maximum Gasteiger partial charge on any atom is 0.488 e. The SMILES string of the molecule is C#Cc1ccc2c(c1)[nH]c1c2c(=O)c2cc(OCC)c(-c3cccc(OS(=O)(=O)F)c3)cc2n1C1CNC1. The van der Waals surface area contributed by atoms with Crippen molar-refractivity contribution in [1.29, 1.82) is 0 Å². The summed E-state index contributed by atoms with van der Waals surface area (Å²) in [6.45, 7) is 3.60. The molecular formula is C28H22FN3O5S. The van der Waals surface area contributed by atoms with Gasteiger partial charge in [0.15, 0.2) is 5.43 Å². The van der Waals surface area contributed by atoms with E-state index < -0.39 is 10.5 Å². The number of ether oxygens (including phenoxy) is 1. The molecule has 0 spiro atoms. The van der Waals surface area contributed by atoms with Crippen molar-refractivity contribution in [3.05, 3.63) is 70.4 Å². The molecule has 192 valence electrons. The second kappa shape index (κ2) is 8.90. The zero-order valence-corrected chi connectivity index (χ0v) is 21.1. The van der Waals surface area contributed by atoms with Crippen LogP contribution in [0.1, 0.15) is 18.5 Å². The number of aromatic amines is 1. The fourth-order valence-electron chi connectivity index (χ4n) is 5.05. The van der Waals surface area contributed by atoms with Gasteiger partial charge in [-0.3, -0.25) is 4.79 Å². The number of halogens is 1. The number of hydrogen-bond acceptors (Lipinski definition) is 6. The molecule has 1 saturated heterocycles. The maximum absolute atomic E-state index is 13.9. The average Bonchev–Trinajstić information content (AvgIpc) is 3.23. The van der Waals surface area contributed by atoms with Gasteiger partial charge in [0.05, 0.1) is 28.9 Å². The van der Waals surface area contributed by atoms with Gasteiger partial charge in [0, 0.05) is 35.1 Å². The molecule has 5 aromatic rings. The second-order valence-corrected chi connectivity index (χ2v) is 10.0. The van der Waals surface area contributed by atoms with Gasteiger partial charge >= 0.3 is 10.5 Å². The topological polar surface area (TPSA) is 102 Å². The number of pyridine rings is 1. The van der Waals surface area contributed by atoms with Gasteiger partial charge < -0.3 is 23.8 Å². The van der Waals surface area contributed by atoms with Crippen molar-refractivity contribution >= 4 is 43.3 Å². The molecule has 0 atom stereocenters. The number of fused-ring (bicyclic) bond motifs is 4. The molecule has 0 saturated carbocycles. The third-order valence-electron chi connectivity index (χ3n) is 6.78. The highest BCUT2D eigenvalue weighted by atomic mass is 32.3. The zero-order valence-electron chi connectivity index (χ0n) is 20.2. The molecule has 6 rings (SSSR count). The summed E-state index contributed by atoms with van der Waals surface area (Å²) in [4.78, 5) is 17.4. The molecule has 0 amide bonds. The predicted octanol–water partition coefficient (Wildman–Crippen LogP) is 4.42. The number of aromatic nitrogens is 2. The molecule has 0 bridgehead atoms. The third-order valence-corrected chi connectivity index (χ3v) is 7.17. The highest BCUT2D eigenvalue weighted by molar-refractivity contribution is 7.81. The molecule has 0 radical (unpaired) electrons. The highest BCUT2D eigenvalue weighted by Gasteiger charge is 2.26. The predicted molar refractivity (Wildman–Crippen MR) is 145 cm³/mol. The standard InChI is InChI=1S/C28H22FN3O5S/c1-3-16-8-9-20-23(10-16)31-28-26(20)27(33)22-13-25(36-4-2)21(12-24(22)32(28)18-14-30-15-18)17-6-5-7-19(11-17)37-38(29,34)35/h1,5-13,18,30-31H,4,14-15H2,2H3. The molecule has 1 aliphatic rings. The minimum absolute atomic E-state index is 0.0814. The fraction of sp³-hybridized carbons (Fsp3) is 0.179. The van der Waals surface area contributed by atoms with Crippen molar-refractivity contribution < 1.29 is 21.2 Å². The van der Waals surface area contributed by atoms with Gasteiger partial charge in [-0.05, 0) is 48.9 Å². The van der Waals surface area contributed by atoms with E-state index in [-0.39, 0.29) is 17.2 Å². The summed E-state index contributed by atoms with van der Waals surface area (Å²) in [5.74, 6) is 2.89. The number of terminal acetylenes is 1. The quantitative estimate of drug-likeness (QED) is 0.248. The van der Waals surface area contributed by atoms with E-state index in [0.29, 0.717) is 51.0 Å². The first kappa shape index (κ1) is 24.0. The fourth-order valence-corrected chi connectivity index (χ4v) is 5.39. The van der Waals surface area contributed by atoms with Gasteiger partial charge in [0.2, 0.25) is 0 Å². The van der Waals surface area contributed by atoms with Crippen LogP contribution in [0.15, 0.2) is 59.4 Å². The minimum Gasteiger partial charge on any atom is -0.493 e. The Bertz CT molecular complexity index is 1970. The van der Waals surface area contributed by atoms with E-state index in [0.717, 1.165) is 24.0 Å². The van der Waals surface area contributed by atoms with Gasteiger partial charge in [-0.25, -0.2) is 0 Å². The lowest BCUT2D eigenvalue weighted by Gasteiger charge is -2.32. The first-order valence-electron chi connectivity index (χ1n) is 12.0. The van der Waals surface area contributed by atoms with Crippen molar-refractivity contribution in [2.75, 3.05) is 19.7 Å². The van der Waals surface area contributed by atoms with Crippen LogP contribution in [-0.2, 0) is 10.5 Å². The summed E-state index contributed by atoms with van der Waals surface area (Å²) in [6, 6.07) is 15.2. The lowest BCUT2D eigenvalue weighted by atomic mass is 9.99. The number of rotatable bonds is 6. The summed E-state index contributed by atoms with van der Waals surface area (Å²) in [7, 11) is -5.19. The van der Waals surface area contributed by atoms with Gasteiger partial charge in [0.25, 0.3) is 0 Å². The number of nitrogens with one attached hydrogen (secondary N) is 2. The van der Waals surface area contributed by atoms with Crippen molar-refractivity contribution in [1.82, 2.24) is 14.9 Å². The Morgan fingerprint density at radius 2 is 1.95 bits per heavy atom. The molecule has 2 aromatic heterocycles. The number of hydrogen-bond donors (Lipinski definition) is 2. The number of H-pyrrole nitrogens is 1. The number of benzene rings is 3. The first-order chi connectivity index (χ1) is 18.3. The molecule has 1 aliphatic heterocycles.